The summed E-state index contributed by atoms with van der Waals surface area (Å²) in [5, 5.41) is 10.6. The van der Waals surface area contributed by atoms with Crippen LogP contribution in [0, 0.1) is 13.8 Å². The minimum atomic E-state index is -0.468. The first-order chi connectivity index (χ1) is 11.4. The van der Waals surface area contributed by atoms with Crippen LogP contribution in [0.3, 0.4) is 0 Å². The lowest BCUT2D eigenvalue weighted by Gasteiger charge is -2.37. The van der Waals surface area contributed by atoms with E-state index in [1.807, 2.05) is 27.8 Å². The van der Waals surface area contributed by atoms with E-state index in [4.69, 9.17) is 4.74 Å². The Labute approximate surface area is 145 Å². The van der Waals surface area contributed by atoms with Crippen molar-refractivity contribution in [3.05, 3.63) is 34.9 Å². The van der Waals surface area contributed by atoms with Crippen molar-refractivity contribution in [3.63, 3.8) is 0 Å². The van der Waals surface area contributed by atoms with Crippen molar-refractivity contribution in [2.24, 2.45) is 0 Å². The smallest absolute Gasteiger partial charge is 0.409 e. The van der Waals surface area contributed by atoms with Crippen LogP contribution in [0.4, 0.5) is 4.79 Å². The van der Waals surface area contributed by atoms with Gasteiger partial charge >= 0.3 is 6.09 Å². The van der Waals surface area contributed by atoms with Crippen LogP contribution >= 0.6 is 0 Å². The second-order valence-corrected chi connectivity index (χ2v) is 6.72. The number of aliphatic hydroxyl groups excluding tert-OH is 1. The average molecular weight is 334 g/mol. The number of hydrogen-bond acceptors (Lipinski definition) is 4. The van der Waals surface area contributed by atoms with Gasteiger partial charge in [0.25, 0.3) is 0 Å². The van der Waals surface area contributed by atoms with Gasteiger partial charge in [0, 0.05) is 32.7 Å². The number of rotatable bonds is 5. The highest BCUT2D eigenvalue weighted by molar-refractivity contribution is 5.67. The molecule has 2 rings (SSSR count). The molecule has 1 fully saturated rings. The first kappa shape index (κ1) is 18.7. The topological polar surface area (TPSA) is 53.0 Å². The number of carbonyl (C=O) groups excluding carboxylic acids is 1. The van der Waals surface area contributed by atoms with Crippen LogP contribution in [0.2, 0.25) is 0 Å². The number of β-amino-alcohol motifs (C(OH)–C–C–N with tert-alkyl or cyclic N) is 1. The van der Waals surface area contributed by atoms with Gasteiger partial charge in [-0.1, -0.05) is 23.8 Å². The summed E-state index contributed by atoms with van der Waals surface area (Å²) in [6, 6.07) is 6.43. The number of likely N-dealkylation sites (tertiary alicyclic amines) is 1. The van der Waals surface area contributed by atoms with Gasteiger partial charge in [-0.15, -0.1) is 0 Å². The van der Waals surface area contributed by atoms with E-state index in [2.05, 4.69) is 23.1 Å². The molecule has 1 N–H and O–H groups in total. The highest BCUT2D eigenvalue weighted by atomic mass is 16.6. The predicted molar refractivity (Wildman–Crippen MR) is 95.1 cm³/mol. The third kappa shape index (κ3) is 4.71. The van der Waals surface area contributed by atoms with E-state index in [1.54, 1.807) is 4.90 Å². The van der Waals surface area contributed by atoms with Crippen LogP contribution in [0.25, 0.3) is 0 Å². The molecule has 1 aromatic rings. The summed E-state index contributed by atoms with van der Waals surface area (Å²) < 4.78 is 5.06. The Hall–Kier alpha value is -1.59. The van der Waals surface area contributed by atoms with Gasteiger partial charge in [-0.25, -0.2) is 4.79 Å². The number of amides is 1. The molecule has 1 aliphatic rings. The lowest BCUT2D eigenvalue weighted by Crippen LogP contribution is -2.46. The molecule has 1 atom stereocenters. The summed E-state index contributed by atoms with van der Waals surface area (Å²) in [7, 11) is 1.81. The van der Waals surface area contributed by atoms with Crippen LogP contribution in [0.5, 0.6) is 0 Å². The molecule has 1 heterocycles. The monoisotopic (exact) mass is 334 g/mol. The minimum Gasteiger partial charge on any atom is -0.450 e. The molecule has 24 heavy (non-hydrogen) atoms. The molecule has 0 radical (unpaired) electrons. The van der Waals surface area contributed by atoms with Crippen molar-refractivity contribution in [1.29, 1.82) is 0 Å². The van der Waals surface area contributed by atoms with Crippen molar-refractivity contribution >= 4 is 6.09 Å². The molecule has 0 aliphatic carbocycles. The number of benzene rings is 1. The molecular weight excluding hydrogens is 304 g/mol. The number of nitrogens with zero attached hydrogens (tertiary/aromatic N) is 2. The zero-order valence-electron chi connectivity index (χ0n) is 15.3. The molecule has 1 amide bonds. The van der Waals surface area contributed by atoms with Gasteiger partial charge in [0.05, 0.1) is 12.7 Å². The fourth-order valence-electron chi connectivity index (χ4n) is 3.33. The first-order valence-corrected chi connectivity index (χ1v) is 8.79. The predicted octanol–water partition coefficient (Wildman–Crippen LogP) is 2.89. The van der Waals surface area contributed by atoms with E-state index < -0.39 is 6.10 Å². The molecule has 1 aliphatic heterocycles. The Morgan fingerprint density at radius 3 is 2.67 bits per heavy atom. The minimum absolute atomic E-state index is 0.221. The molecule has 134 valence electrons. The fourth-order valence-corrected chi connectivity index (χ4v) is 3.33. The van der Waals surface area contributed by atoms with E-state index in [0.717, 1.165) is 37.1 Å². The van der Waals surface area contributed by atoms with Crippen molar-refractivity contribution in [3.8, 4) is 0 Å². The lowest BCUT2D eigenvalue weighted by atomic mass is 9.99. The molecule has 0 bridgehead atoms. The largest absolute Gasteiger partial charge is 0.450 e. The van der Waals surface area contributed by atoms with Gasteiger partial charge in [-0.3, -0.25) is 0 Å². The Kier molecular flexibility index (Phi) is 6.63. The van der Waals surface area contributed by atoms with E-state index in [1.165, 1.54) is 5.56 Å². The zero-order valence-corrected chi connectivity index (χ0v) is 15.3. The van der Waals surface area contributed by atoms with Crippen molar-refractivity contribution < 1.29 is 14.6 Å². The van der Waals surface area contributed by atoms with Crippen molar-refractivity contribution in [2.45, 2.75) is 45.8 Å². The molecule has 5 heteroatoms. The summed E-state index contributed by atoms with van der Waals surface area (Å²) in [6.45, 7) is 8.73. The number of aliphatic hydroxyl groups is 1. The number of ether oxygens (including phenoxy) is 1. The third-order valence-corrected chi connectivity index (χ3v) is 4.89. The van der Waals surface area contributed by atoms with E-state index in [9.17, 15) is 9.90 Å². The van der Waals surface area contributed by atoms with Gasteiger partial charge in [-0.2, -0.15) is 0 Å². The SMILES string of the molecule is CCOC(=O)N(C)C1CCN(C[C@H](O)c2cc(C)ccc2C)CC1. The van der Waals surface area contributed by atoms with Crippen LogP contribution in [-0.4, -0.2) is 60.3 Å². The number of aryl methyl sites for hydroxylation is 2. The number of carbonyl (C=O) groups is 1. The Morgan fingerprint density at radius 1 is 1.38 bits per heavy atom. The normalized spacial score (nSPS) is 17.5. The number of piperidine rings is 1. The second-order valence-electron chi connectivity index (χ2n) is 6.72. The lowest BCUT2D eigenvalue weighted by molar-refractivity contribution is 0.0612. The molecule has 0 unspecified atom stereocenters. The zero-order chi connectivity index (χ0) is 17.7. The molecule has 1 saturated heterocycles. The maximum atomic E-state index is 11.8. The Balaban J connectivity index is 1.86. The summed E-state index contributed by atoms with van der Waals surface area (Å²) >= 11 is 0. The maximum absolute atomic E-state index is 11.8. The standard InChI is InChI=1S/C19H30N2O3/c1-5-24-19(23)20(4)16-8-10-21(11-9-16)13-18(22)17-12-14(2)6-7-15(17)3/h6-7,12,16,18,22H,5,8-11,13H2,1-4H3/t18-/m0/s1. The van der Waals surface area contributed by atoms with Crippen LogP contribution in [-0.2, 0) is 4.74 Å². The third-order valence-electron chi connectivity index (χ3n) is 4.89. The van der Waals surface area contributed by atoms with Gasteiger partial charge < -0.3 is 19.6 Å². The molecule has 0 spiro atoms. The van der Waals surface area contributed by atoms with Crippen LogP contribution in [0.1, 0.15) is 42.6 Å². The summed E-state index contributed by atoms with van der Waals surface area (Å²) in [4.78, 5) is 15.8. The Bertz CT molecular complexity index is 554. The first-order valence-electron chi connectivity index (χ1n) is 8.79. The molecule has 1 aromatic carbocycles. The summed E-state index contributed by atoms with van der Waals surface area (Å²) in [5.74, 6) is 0. The number of hydrogen-bond donors (Lipinski definition) is 1. The van der Waals surface area contributed by atoms with Gasteiger partial charge in [0.1, 0.15) is 0 Å². The van der Waals surface area contributed by atoms with Crippen LogP contribution < -0.4 is 0 Å². The summed E-state index contributed by atoms with van der Waals surface area (Å²) in [5.41, 5.74) is 3.32. The van der Waals surface area contributed by atoms with E-state index >= 15 is 0 Å². The van der Waals surface area contributed by atoms with E-state index in [-0.39, 0.29) is 12.1 Å². The highest BCUT2D eigenvalue weighted by Gasteiger charge is 2.27. The quantitative estimate of drug-likeness (QED) is 0.899. The van der Waals surface area contributed by atoms with Gasteiger partial charge in [-0.05, 0) is 44.7 Å². The molecule has 5 nitrogen and oxygen atoms in total. The maximum Gasteiger partial charge on any atom is 0.409 e. The van der Waals surface area contributed by atoms with Crippen LogP contribution in [0.15, 0.2) is 18.2 Å². The molecule has 0 saturated carbocycles. The van der Waals surface area contributed by atoms with Crippen molar-refractivity contribution in [1.82, 2.24) is 9.80 Å². The summed E-state index contributed by atoms with van der Waals surface area (Å²) in [6.07, 6.45) is 1.11. The highest BCUT2D eigenvalue weighted by Crippen LogP contribution is 2.23. The molecular formula is C19H30N2O3. The molecule has 0 aromatic heterocycles. The van der Waals surface area contributed by atoms with E-state index in [0.29, 0.717) is 13.2 Å². The van der Waals surface area contributed by atoms with Crippen molar-refractivity contribution in [2.75, 3.05) is 33.3 Å². The Morgan fingerprint density at radius 2 is 2.04 bits per heavy atom. The van der Waals surface area contributed by atoms with Gasteiger partial charge in [0.15, 0.2) is 0 Å². The fraction of sp³-hybridized carbons (Fsp3) is 0.632. The average Bonchev–Trinajstić information content (AvgIpc) is 2.57. The second kappa shape index (κ2) is 8.49. The van der Waals surface area contributed by atoms with Gasteiger partial charge in [0.2, 0.25) is 0 Å².